The number of aromatic nitrogens is 2. The molecule has 0 spiro atoms. The van der Waals surface area contributed by atoms with Gasteiger partial charge in [-0.05, 0) is 24.1 Å². The summed E-state index contributed by atoms with van der Waals surface area (Å²) in [6, 6.07) is 19.7. The average molecular weight is 432 g/mol. The molecule has 0 radical (unpaired) electrons. The Labute approximate surface area is 188 Å². The molecule has 3 aromatic rings. The van der Waals surface area contributed by atoms with Crippen LogP contribution in [0.1, 0.15) is 28.5 Å². The lowest BCUT2D eigenvalue weighted by Gasteiger charge is -2.34. The van der Waals surface area contributed by atoms with Gasteiger partial charge < -0.3 is 10.2 Å². The molecule has 2 amide bonds. The topological polar surface area (TPSA) is 70.5 Å². The molecule has 1 aromatic heterocycles. The molecule has 1 aliphatic heterocycles. The van der Waals surface area contributed by atoms with Crippen LogP contribution in [0.15, 0.2) is 66.9 Å². The molecule has 0 saturated carbocycles. The number of hydrogen-bond donors (Lipinski definition) is 1. The van der Waals surface area contributed by atoms with Crippen LogP contribution in [0.3, 0.4) is 0 Å². The van der Waals surface area contributed by atoms with Crippen LogP contribution in [0.4, 0.5) is 0 Å². The number of carbonyl (C=O) groups excluding carboxylic acids is 2. The Hall–Kier alpha value is -3.45. The maximum Gasteiger partial charge on any atom is 0.257 e. The molecule has 1 aliphatic rings. The Bertz CT molecular complexity index is 1040. The monoisotopic (exact) mass is 431 g/mol. The first kappa shape index (κ1) is 21.8. The van der Waals surface area contributed by atoms with Gasteiger partial charge in [0.2, 0.25) is 5.91 Å². The van der Waals surface area contributed by atoms with Crippen molar-refractivity contribution in [2.75, 3.05) is 32.7 Å². The third kappa shape index (κ3) is 5.06. The fourth-order valence-corrected chi connectivity index (χ4v) is 4.02. The second-order valence-corrected chi connectivity index (χ2v) is 7.94. The molecule has 0 bridgehead atoms. The predicted octanol–water partition coefficient (Wildman–Crippen LogP) is 2.51. The molecule has 166 valence electrons. The van der Waals surface area contributed by atoms with E-state index in [-0.39, 0.29) is 11.8 Å². The summed E-state index contributed by atoms with van der Waals surface area (Å²) in [7, 11) is 0. The fraction of sp³-hybridized carbons (Fsp3) is 0.320. The molecule has 7 nitrogen and oxygen atoms in total. The number of nitrogens with one attached hydrogen (secondary N) is 1. The van der Waals surface area contributed by atoms with Gasteiger partial charge in [-0.25, -0.2) is 4.68 Å². The molecule has 1 N–H and O–H groups in total. The Morgan fingerprint density at radius 1 is 0.938 bits per heavy atom. The van der Waals surface area contributed by atoms with Crippen molar-refractivity contribution in [3.8, 4) is 5.69 Å². The van der Waals surface area contributed by atoms with Crippen LogP contribution in [0.25, 0.3) is 5.69 Å². The normalized spacial score (nSPS) is 14.3. The van der Waals surface area contributed by atoms with Gasteiger partial charge in [0.25, 0.3) is 5.91 Å². The molecule has 4 rings (SSSR count). The fourth-order valence-electron chi connectivity index (χ4n) is 4.02. The summed E-state index contributed by atoms with van der Waals surface area (Å²) in [5, 5.41) is 7.45. The van der Waals surface area contributed by atoms with E-state index < -0.39 is 0 Å². The SMILES string of the molecule is CCc1c(C(=O)N2CCN(CC(=O)NCc3ccccc3)CC2)cnn1-c1ccccc1. The number of hydrogen-bond acceptors (Lipinski definition) is 4. The van der Waals surface area contributed by atoms with Crippen molar-refractivity contribution in [2.45, 2.75) is 19.9 Å². The van der Waals surface area contributed by atoms with Gasteiger partial charge >= 0.3 is 0 Å². The second-order valence-electron chi connectivity index (χ2n) is 7.94. The third-order valence-electron chi connectivity index (χ3n) is 5.79. The van der Waals surface area contributed by atoms with Gasteiger partial charge in [0.15, 0.2) is 0 Å². The van der Waals surface area contributed by atoms with Crippen molar-refractivity contribution in [1.29, 1.82) is 0 Å². The van der Waals surface area contributed by atoms with Crippen molar-refractivity contribution >= 4 is 11.8 Å². The summed E-state index contributed by atoms with van der Waals surface area (Å²) >= 11 is 0. The van der Waals surface area contributed by atoms with Gasteiger partial charge in [0.1, 0.15) is 0 Å². The molecule has 32 heavy (non-hydrogen) atoms. The first-order chi connectivity index (χ1) is 15.7. The molecule has 2 heterocycles. The molecule has 0 aliphatic carbocycles. The number of amides is 2. The van der Waals surface area contributed by atoms with Gasteiger partial charge in [-0.2, -0.15) is 5.10 Å². The smallest absolute Gasteiger partial charge is 0.257 e. The van der Waals surface area contributed by atoms with Crippen molar-refractivity contribution in [2.24, 2.45) is 0 Å². The van der Waals surface area contributed by atoms with Gasteiger partial charge in [-0.3, -0.25) is 14.5 Å². The zero-order valence-corrected chi connectivity index (χ0v) is 18.4. The first-order valence-corrected chi connectivity index (χ1v) is 11.1. The quantitative estimate of drug-likeness (QED) is 0.624. The lowest BCUT2D eigenvalue weighted by Crippen LogP contribution is -2.51. The van der Waals surface area contributed by atoms with E-state index in [0.717, 1.165) is 23.4 Å². The van der Waals surface area contributed by atoms with Gasteiger partial charge in [-0.15, -0.1) is 0 Å². The first-order valence-electron chi connectivity index (χ1n) is 11.1. The van der Waals surface area contributed by atoms with Crippen LogP contribution in [-0.4, -0.2) is 64.1 Å². The molecule has 7 heteroatoms. The highest BCUT2D eigenvalue weighted by Crippen LogP contribution is 2.18. The van der Waals surface area contributed by atoms with E-state index in [1.807, 2.05) is 77.2 Å². The predicted molar refractivity (Wildman–Crippen MR) is 124 cm³/mol. The Balaban J connectivity index is 1.31. The summed E-state index contributed by atoms with van der Waals surface area (Å²) in [6.45, 7) is 5.48. The molecule has 1 saturated heterocycles. The van der Waals surface area contributed by atoms with Crippen molar-refractivity contribution < 1.29 is 9.59 Å². The molecular weight excluding hydrogens is 402 g/mol. The third-order valence-corrected chi connectivity index (χ3v) is 5.79. The lowest BCUT2D eigenvalue weighted by molar-refractivity contribution is -0.122. The maximum atomic E-state index is 13.2. The number of rotatable bonds is 7. The molecule has 1 fully saturated rings. The van der Waals surface area contributed by atoms with Crippen molar-refractivity contribution in [1.82, 2.24) is 24.9 Å². The maximum absolute atomic E-state index is 13.2. The lowest BCUT2D eigenvalue weighted by atomic mass is 10.1. The minimum Gasteiger partial charge on any atom is -0.351 e. The number of benzene rings is 2. The van der Waals surface area contributed by atoms with Gasteiger partial charge in [0.05, 0.1) is 29.7 Å². The van der Waals surface area contributed by atoms with E-state index in [2.05, 4.69) is 15.3 Å². The van der Waals surface area contributed by atoms with Crippen molar-refractivity contribution in [3.05, 3.63) is 83.7 Å². The van der Waals surface area contributed by atoms with Crippen LogP contribution in [0, 0.1) is 0 Å². The van der Waals surface area contributed by atoms with E-state index in [0.29, 0.717) is 44.8 Å². The van der Waals surface area contributed by atoms with Crippen LogP contribution in [0.5, 0.6) is 0 Å². The Kier molecular flexibility index (Phi) is 6.97. The van der Waals surface area contributed by atoms with Crippen LogP contribution < -0.4 is 5.32 Å². The highest BCUT2D eigenvalue weighted by Gasteiger charge is 2.26. The van der Waals surface area contributed by atoms with Gasteiger partial charge in [0, 0.05) is 32.7 Å². The highest BCUT2D eigenvalue weighted by molar-refractivity contribution is 5.95. The molecule has 0 atom stereocenters. The molecule has 0 unspecified atom stereocenters. The summed E-state index contributed by atoms with van der Waals surface area (Å²) < 4.78 is 1.85. The second kappa shape index (κ2) is 10.2. The summed E-state index contributed by atoms with van der Waals surface area (Å²) in [5.41, 5.74) is 3.61. The van der Waals surface area contributed by atoms with E-state index in [4.69, 9.17) is 0 Å². The van der Waals surface area contributed by atoms with E-state index in [1.54, 1.807) is 6.20 Å². The number of nitrogens with zero attached hydrogens (tertiary/aromatic N) is 4. The minimum absolute atomic E-state index is 0.00559. The summed E-state index contributed by atoms with van der Waals surface area (Å²) in [5.74, 6) is 0.0169. The average Bonchev–Trinajstić information content (AvgIpc) is 3.28. The zero-order chi connectivity index (χ0) is 22.3. The Morgan fingerprint density at radius 3 is 2.25 bits per heavy atom. The van der Waals surface area contributed by atoms with E-state index in [1.165, 1.54) is 0 Å². The highest BCUT2D eigenvalue weighted by atomic mass is 16.2. The Morgan fingerprint density at radius 2 is 1.59 bits per heavy atom. The van der Waals surface area contributed by atoms with Crippen molar-refractivity contribution in [3.63, 3.8) is 0 Å². The van der Waals surface area contributed by atoms with Gasteiger partial charge in [-0.1, -0.05) is 55.5 Å². The molecular formula is C25H29N5O2. The van der Waals surface area contributed by atoms with E-state index in [9.17, 15) is 9.59 Å². The number of carbonyl (C=O) groups is 2. The largest absolute Gasteiger partial charge is 0.351 e. The zero-order valence-electron chi connectivity index (χ0n) is 18.4. The summed E-state index contributed by atoms with van der Waals surface area (Å²) in [4.78, 5) is 29.4. The van der Waals surface area contributed by atoms with E-state index >= 15 is 0 Å². The van der Waals surface area contributed by atoms with Crippen LogP contribution in [0.2, 0.25) is 0 Å². The molecule has 2 aromatic carbocycles. The van der Waals surface area contributed by atoms with Crippen LogP contribution in [-0.2, 0) is 17.8 Å². The standard InChI is InChI=1S/C25H29N5O2/c1-2-23-22(18-27-30(23)21-11-7-4-8-12-21)25(32)29-15-13-28(14-16-29)19-24(31)26-17-20-9-5-3-6-10-20/h3-12,18H,2,13-17,19H2,1H3,(H,26,31). The number of para-hydroxylation sites is 1. The minimum atomic E-state index is 0.00559. The summed E-state index contributed by atoms with van der Waals surface area (Å²) in [6.07, 6.45) is 2.40. The van der Waals surface area contributed by atoms with Crippen LogP contribution >= 0.6 is 0 Å². The number of piperazine rings is 1.